The highest BCUT2D eigenvalue weighted by molar-refractivity contribution is 6.33. The van der Waals surface area contributed by atoms with Crippen LogP contribution in [0.25, 0.3) is 0 Å². The largest absolute Gasteiger partial charge is 0.478 e. The Morgan fingerprint density at radius 3 is 2.74 bits per heavy atom. The molecule has 0 aromatic heterocycles. The summed E-state index contributed by atoms with van der Waals surface area (Å²) in [5.74, 6) is -2.10. The predicted octanol–water partition coefficient (Wildman–Crippen LogP) is 1.11. The van der Waals surface area contributed by atoms with Gasteiger partial charge in [0.25, 0.3) is 0 Å². The Morgan fingerprint density at radius 2 is 2.16 bits per heavy atom. The first-order chi connectivity index (χ1) is 8.97. The summed E-state index contributed by atoms with van der Waals surface area (Å²) in [6.07, 6.45) is 0.127. The van der Waals surface area contributed by atoms with Crippen molar-refractivity contribution in [3.8, 4) is 0 Å². The van der Waals surface area contributed by atoms with E-state index in [1.54, 1.807) is 0 Å². The van der Waals surface area contributed by atoms with E-state index in [0.717, 1.165) is 0 Å². The summed E-state index contributed by atoms with van der Waals surface area (Å²) >= 11 is 5.89. The van der Waals surface area contributed by atoms with Gasteiger partial charge in [0.1, 0.15) is 0 Å². The summed E-state index contributed by atoms with van der Waals surface area (Å²) in [6, 6.07) is 4.03. The molecule has 1 aromatic rings. The molecule has 19 heavy (non-hydrogen) atoms. The summed E-state index contributed by atoms with van der Waals surface area (Å²) in [5.41, 5.74) is 0.256. The van der Waals surface area contributed by atoms with Crippen molar-refractivity contribution in [2.24, 2.45) is 5.92 Å². The molecule has 100 valence electrons. The van der Waals surface area contributed by atoms with Crippen LogP contribution in [0.3, 0.4) is 0 Å². The van der Waals surface area contributed by atoms with Gasteiger partial charge in [-0.25, -0.2) is 4.79 Å². The Labute approximate surface area is 113 Å². The number of hydrogen-bond donors (Lipinski definition) is 3. The smallest absolute Gasteiger partial charge is 0.335 e. The molecule has 1 saturated heterocycles. The number of carboxylic acids is 1. The summed E-state index contributed by atoms with van der Waals surface area (Å²) in [4.78, 5) is 33.7. The van der Waals surface area contributed by atoms with Crippen molar-refractivity contribution in [3.63, 3.8) is 0 Å². The lowest BCUT2D eigenvalue weighted by molar-refractivity contribution is -0.123. The number of aromatic carboxylic acids is 1. The Hall–Kier alpha value is -2.08. The van der Waals surface area contributed by atoms with Gasteiger partial charge in [0, 0.05) is 13.0 Å². The predicted molar refractivity (Wildman–Crippen MR) is 68.2 cm³/mol. The lowest BCUT2D eigenvalue weighted by atomic mass is 10.1. The van der Waals surface area contributed by atoms with Crippen molar-refractivity contribution >= 4 is 35.1 Å². The second-order valence-corrected chi connectivity index (χ2v) is 4.60. The normalized spacial score (nSPS) is 17.9. The third-order valence-corrected chi connectivity index (χ3v) is 3.15. The monoisotopic (exact) mass is 282 g/mol. The Morgan fingerprint density at radius 1 is 1.42 bits per heavy atom. The molecular weight excluding hydrogens is 272 g/mol. The number of hydrogen-bond acceptors (Lipinski definition) is 3. The minimum Gasteiger partial charge on any atom is -0.478 e. The number of halogens is 1. The van der Waals surface area contributed by atoms with E-state index in [-0.39, 0.29) is 41.1 Å². The number of nitrogens with one attached hydrogen (secondary N) is 2. The molecule has 1 aromatic carbocycles. The molecule has 6 nitrogen and oxygen atoms in total. The Balaban J connectivity index is 2.14. The van der Waals surface area contributed by atoms with Crippen molar-refractivity contribution < 1.29 is 19.5 Å². The summed E-state index contributed by atoms with van der Waals surface area (Å²) in [6.45, 7) is 0.279. The quantitative estimate of drug-likeness (QED) is 0.774. The van der Waals surface area contributed by atoms with Crippen molar-refractivity contribution in [1.29, 1.82) is 0 Å². The summed E-state index contributed by atoms with van der Waals surface area (Å²) in [7, 11) is 0. The molecule has 0 bridgehead atoms. The first-order valence-corrected chi connectivity index (χ1v) is 5.95. The number of anilines is 1. The molecule has 1 aliphatic rings. The lowest BCUT2D eigenvalue weighted by Gasteiger charge is -2.11. The van der Waals surface area contributed by atoms with E-state index in [0.29, 0.717) is 0 Å². The van der Waals surface area contributed by atoms with Gasteiger partial charge in [-0.3, -0.25) is 9.59 Å². The van der Waals surface area contributed by atoms with E-state index in [1.807, 2.05) is 0 Å². The van der Waals surface area contributed by atoms with E-state index < -0.39 is 11.9 Å². The zero-order valence-corrected chi connectivity index (χ0v) is 10.5. The van der Waals surface area contributed by atoms with E-state index in [2.05, 4.69) is 10.6 Å². The fourth-order valence-corrected chi connectivity index (χ4v) is 1.94. The van der Waals surface area contributed by atoms with E-state index in [1.165, 1.54) is 18.2 Å². The minimum absolute atomic E-state index is 0.0281. The first kappa shape index (κ1) is 13.4. The second-order valence-electron chi connectivity index (χ2n) is 4.19. The van der Waals surface area contributed by atoms with Crippen LogP contribution >= 0.6 is 11.6 Å². The summed E-state index contributed by atoms with van der Waals surface area (Å²) < 4.78 is 0. The topological polar surface area (TPSA) is 95.5 Å². The van der Waals surface area contributed by atoms with Gasteiger partial charge in [-0.2, -0.15) is 0 Å². The van der Waals surface area contributed by atoms with Crippen LogP contribution in [-0.2, 0) is 9.59 Å². The lowest BCUT2D eigenvalue weighted by Crippen LogP contribution is -2.24. The molecule has 2 amide bonds. The van der Waals surface area contributed by atoms with E-state index in [9.17, 15) is 14.4 Å². The third-order valence-electron chi connectivity index (χ3n) is 2.82. The highest BCUT2D eigenvalue weighted by atomic mass is 35.5. The van der Waals surface area contributed by atoms with Crippen molar-refractivity contribution in [2.45, 2.75) is 6.42 Å². The maximum absolute atomic E-state index is 11.9. The number of benzene rings is 1. The van der Waals surface area contributed by atoms with Gasteiger partial charge in [0.15, 0.2) is 0 Å². The highest BCUT2D eigenvalue weighted by Gasteiger charge is 2.28. The van der Waals surface area contributed by atoms with Gasteiger partial charge in [0.2, 0.25) is 11.8 Å². The van der Waals surface area contributed by atoms with Gasteiger partial charge in [-0.1, -0.05) is 11.6 Å². The Bertz CT molecular complexity index is 559. The molecule has 1 heterocycles. The van der Waals surface area contributed by atoms with Crippen molar-refractivity contribution in [2.75, 3.05) is 11.9 Å². The van der Waals surface area contributed by atoms with E-state index in [4.69, 9.17) is 16.7 Å². The molecule has 2 rings (SSSR count). The first-order valence-electron chi connectivity index (χ1n) is 5.58. The van der Waals surface area contributed by atoms with Crippen LogP contribution in [-0.4, -0.2) is 29.4 Å². The third kappa shape index (κ3) is 3.03. The van der Waals surface area contributed by atoms with Gasteiger partial charge >= 0.3 is 5.97 Å². The van der Waals surface area contributed by atoms with Crippen molar-refractivity contribution in [3.05, 3.63) is 28.8 Å². The number of amides is 2. The molecule has 1 fully saturated rings. The molecular formula is C12H11ClN2O4. The molecule has 3 N–H and O–H groups in total. The molecule has 0 saturated carbocycles. The molecule has 0 radical (unpaired) electrons. The maximum Gasteiger partial charge on any atom is 0.335 e. The average Bonchev–Trinajstić information content (AvgIpc) is 2.78. The molecule has 1 aliphatic heterocycles. The van der Waals surface area contributed by atoms with Crippen LogP contribution in [0.15, 0.2) is 18.2 Å². The highest BCUT2D eigenvalue weighted by Crippen LogP contribution is 2.24. The number of carbonyl (C=O) groups excluding carboxylic acids is 2. The number of rotatable bonds is 3. The standard InChI is InChI=1S/C12H11ClN2O4/c13-8-2-1-6(12(18)19)3-9(8)15-11(17)7-4-10(16)14-5-7/h1-3,7H,4-5H2,(H,14,16)(H,15,17)(H,18,19). The van der Waals surface area contributed by atoms with Gasteiger partial charge < -0.3 is 15.7 Å². The summed E-state index contributed by atoms with van der Waals surface area (Å²) in [5, 5.41) is 14.2. The van der Waals surface area contributed by atoms with Crippen LogP contribution < -0.4 is 10.6 Å². The zero-order valence-electron chi connectivity index (χ0n) is 9.77. The molecule has 1 atom stereocenters. The minimum atomic E-state index is -1.11. The number of carboxylic acid groups (broad SMARTS) is 1. The van der Waals surface area contributed by atoms with Crippen LogP contribution in [0.2, 0.25) is 5.02 Å². The SMILES string of the molecule is O=C1CC(C(=O)Nc2cc(C(=O)O)ccc2Cl)CN1. The molecule has 7 heteroatoms. The zero-order chi connectivity index (χ0) is 14.0. The molecule has 0 aliphatic carbocycles. The molecule has 1 unspecified atom stereocenters. The molecule has 0 spiro atoms. The van der Waals surface area contributed by atoms with E-state index >= 15 is 0 Å². The average molecular weight is 283 g/mol. The fraction of sp³-hybridized carbons (Fsp3) is 0.250. The van der Waals surface area contributed by atoms with Crippen LogP contribution in [0, 0.1) is 5.92 Å². The van der Waals surface area contributed by atoms with Crippen molar-refractivity contribution in [1.82, 2.24) is 5.32 Å². The number of carbonyl (C=O) groups is 3. The van der Waals surface area contributed by atoms with Gasteiger partial charge in [-0.05, 0) is 18.2 Å². The van der Waals surface area contributed by atoms with Crippen LogP contribution in [0.4, 0.5) is 5.69 Å². The van der Waals surface area contributed by atoms with Gasteiger partial charge in [0.05, 0.1) is 22.2 Å². The maximum atomic E-state index is 11.9. The Kier molecular flexibility index (Phi) is 3.71. The van der Waals surface area contributed by atoms with Crippen LogP contribution in [0.1, 0.15) is 16.8 Å². The fourth-order valence-electron chi connectivity index (χ4n) is 1.78. The second kappa shape index (κ2) is 5.27. The van der Waals surface area contributed by atoms with Crippen LogP contribution in [0.5, 0.6) is 0 Å². The van der Waals surface area contributed by atoms with Gasteiger partial charge in [-0.15, -0.1) is 0 Å².